The van der Waals surface area contributed by atoms with Crippen LogP contribution in [0, 0.1) is 0 Å². The van der Waals surface area contributed by atoms with Gasteiger partial charge >= 0.3 is 0 Å². The van der Waals surface area contributed by atoms with Crippen molar-refractivity contribution in [1.82, 2.24) is 14.1 Å². The summed E-state index contributed by atoms with van der Waals surface area (Å²) in [4.78, 5) is 4.40. The van der Waals surface area contributed by atoms with Crippen molar-refractivity contribution in [2.45, 2.75) is 6.61 Å². The van der Waals surface area contributed by atoms with E-state index in [2.05, 4.69) is 123 Å². The number of aromatic nitrogens is 3. The van der Waals surface area contributed by atoms with Crippen LogP contribution in [0.3, 0.4) is 0 Å². The van der Waals surface area contributed by atoms with E-state index in [-0.39, 0.29) is 0 Å². The lowest BCUT2D eigenvalue weighted by Gasteiger charge is -2.14. The van der Waals surface area contributed by atoms with Crippen molar-refractivity contribution in [3.63, 3.8) is 0 Å². The van der Waals surface area contributed by atoms with Crippen molar-refractivity contribution in [1.29, 1.82) is 0 Å². The summed E-state index contributed by atoms with van der Waals surface area (Å²) in [7, 11) is 0. The van der Waals surface area contributed by atoms with Crippen molar-refractivity contribution in [3.05, 3.63) is 133 Å². The van der Waals surface area contributed by atoms with Gasteiger partial charge in [0, 0.05) is 39.3 Å². The summed E-state index contributed by atoms with van der Waals surface area (Å²) in [6.45, 7) is 0.571. The van der Waals surface area contributed by atoms with E-state index in [9.17, 15) is 0 Å². The highest BCUT2D eigenvalue weighted by molar-refractivity contribution is 6.08. The molecule has 0 radical (unpaired) electrons. The number of hydrogen-bond donors (Lipinski definition) is 0. The monoisotopic (exact) mass is 489 g/mol. The third kappa shape index (κ3) is 3.07. The van der Waals surface area contributed by atoms with Gasteiger partial charge in [0.05, 0.1) is 34.7 Å². The molecule has 0 unspecified atom stereocenters. The second kappa shape index (κ2) is 8.22. The number of pyridine rings is 1. The van der Waals surface area contributed by atoms with Crippen LogP contribution in [0.15, 0.2) is 122 Å². The Labute approximate surface area is 219 Å². The highest BCUT2D eigenvalue weighted by Crippen LogP contribution is 2.35. The predicted octanol–water partition coefficient (Wildman–Crippen LogP) is 8.29. The van der Waals surface area contributed by atoms with Gasteiger partial charge in [-0.3, -0.25) is 4.98 Å². The fraction of sp³-hybridized carbons (Fsp3) is 0.0294. The molecule has 0 amide bonds. The Morgan fingerprint density at radius 2 is 1.18 bits per heavy atom. The molecule has 180 valence electrons. The average Bonchev–Trinajstić information content (AvgIpc) is 3.51. The normalized spacial score (nSPS) is 12.7. The van der Waals surface area contributed by atoms with E-state index in [4.69, 9.17) is 4.74 Å². The van der Waals surface area contributed by atoms with Crippen molar-refractivity contribution in [3.8, 4) is 22.5 Å². The summed E-state index contributed by atoms with van der Waals surface area (Å²) >= 11 is 0. The molecule has 0 saturated heterocycles. The molecular formula is C34H23N3O. The molecule has 0 fully saturated rings. The third-order valence-corrected chi connectivity index (χ3v) is 7.63. The topological polar surface area (TPSA) is 32.0 Å². The molecule has 0 saturated carbocycles. The molecule has 0 spiro atoms. The van der Waals surface area contributed by atoms with Crippen molar-refractivity contribution < 1.29 is 4.74 Å². The van der Waals surface area contributed by atoms with Gasteiger partial charge in [-0.1, -0.05) is 60.7 Å². The van der Waals surface area contributed by atoms with Gasteiger partial charge in [0.1, 0.15) is 6.61 Å². The van der Waals surface area contributed by atoms with Gasteiger partial charge in [0.15, 0.2) is 0 Å². The number of benzene rings is 4. The van der Waals surface area contributed by atoms with Gasteiger partial charge in [-0.15, -0.1) is 0 Å². The van der Waals surface area contributed by atoms with Crippen molar-refractivity contribution in [2.24, 2.45) is 0 Å². The maximum atomic E-state index is 5.67. The van der Waals surface area contributed by atoms with E-state index in [1.54, 1.807) is 6.26 Å². The van der Waals surface area contributed by atoms with Gasteiger partial charge in [-0.2, -0.15) is 0 Å². The Bertz CT molecular complexity index is 1950. The lowest BCUT2D eigenvalue weighted by Crippen LogP contribution is -2.04. The van der Waals surface area contributed by atoms with E-state index in [1.165, 1.54) is 49.6 Å². The summed E-state index contributed by atoms with van der Waals surface area (Å²) in [5.41, 5.74) is 10.6. The average molecular weight is 490 g/mol. The van der Waals surface area contributed by atoms with Crippen LogP contribution in [-0.2, 0) is 11.3 Å². The third-order valence-electron chi connectivity index (χ3n) is 7.63. The summed E-state index contributed by atoms with van der Waals surface area (Å²) < 4.78 is 10.3. The second-order valence-electron chi connectivity index (χ2n) is 9.67. The first-order chi connectivity index (χ1) is 18.9. The SMILES string of the molecule is C1=Cc2c(n(-c3ccc(-c4ccc(-n5c6ccccc6c6ccncc65)cc4)cc3)c3ccccc23)CO1. The Morgan fingerprint density at radius 3 is 1.92 bits per heavy atom. The van der Waals surface area contributed by atoms with Gasteiger partial charge in [-0.25, -0.2) is 0 Å². The number of fused-ring (bicyclic) bond motifs is 6. The molecule has 1 aliphatic heterocycles. The molecule has 8 rings (SSSR count). The van der Waals surface area contributed by atoms with Crippen LogP contribution in [0.4, 0.5) is 0 Å². The standard InChI is InChI=1S/C34H23N3O/c1-3-7-31-27(5-1)29-17-19-35-21-33(29)36(31)25-13-9-23(10-14-25)24-11-15-26(16-12-24)37-32-8-4-2-6-28(32)30-18-20-38-22-34(30)37/h1-21H,22H2. The Morgan fingerprint density at radius 1 is 0.579 bits per heavy atom. The van der Waals surface area contributed by atoms with E-state index in [0.29, 0.717) is 6.61 Å². The highest BCUT2D eigenvalue weighted by atomic mass is 16.5. The zero-order chi connectivity index (χ0) is 25.1. The summed E-state index contributed by atoms with van der Waals surface area (Å²) in [5, 5.41) is 3.71. The number of para-hydroxylation sites is 2. The van der Waals surface area contributed by atoms with Crippen LogP contribution in [0.25, 0.3) is 61.3 Å². The van der Waals surface area contributed by atoms with Crippen molar-refractivity contribution in [2.75, 3.05) is 0 Å². The van der Waals surface area contributed by atoms with Crippen LogP contribution in [0.2, 0.25) is 0 Å². The summed E-state index contributed by atoms with van der Waals surface area (Å²) in [5.74, 6) is 0. The molecule has 38 heavy (non-hydrogen) atoms. The fourth-order valence-electron chi connectivity index (χ4n) is 5.89. The zero-order valence-corrected chi connectivity index (χ0v) is 20.6. The van der Waals surface area contributed by atoms with Crippen LogP contribution in [-0.4, -0.2) is 14.1 Å². The molecular weight excluding hydrogens is 466 g/mol. The molecule has 0 aliphatic carbocycles. The molecule has 4 heterocycles. The number of rotatable bonds is 3. The minimum Gasteiger partial charge on any atom is -0.495 e. The van der Waals surface area contributed by atoms with Gasteiger partial charge in [-0.05, 0) is 59.7 Å². The van der Waals surface area contributed by atoms with Crippen LogP contribution in [0.5, 0.6) is 0 Å². The first kappa shape index (κ1) is 21.0. The molecule has 1 aliphatic rings. The van der Waals surface area contributed by atoms with E-state index >= 15 is 0 Å². The summed E-state index contributed by atoms with van der Waals surface area (Å²) in [6, 6.07) is 36.8. The number of nitrogens with zero attached hydrogens (tertiary/aromatic N) is 3. The van der Waals surface area contributed by atoms with Gasteiger partial charge < -0.3 is 13.9 Å². The number of ether oxygens (including phenoxy) is 1. The largest absolute Gasteiger partial charge is 0.495 e. The smallest absolute Gasteiger partial charge is 0.128 e. The van der Waals surface area contributed by atoms with E-state index in [0.717, 1.165) is 16.9 Å². The van der Waals surface area contributed by atoms with E-state index < -0.39 is 0 Å². The van der Waals surface area contributed by atoms with Crippen LogP contribution >= 0.6 is 0 Å². The molecule has 0 bridgehead atoms. The molecule has 0 atom stereocenters. The quantitative estimate of drug-likeness (QED) is 0.250. The molecule has 4 heteroatoms. The Kier molecular flexibility index (Phi) is 4.55. The molecule has 3 aromatic heterocycles. The number of hydrogen-bond acceptors (Lipinski definition) is 2. The molecule has 0 N–H and O–H groups in total. The maximum Gasteiger partial charge on any atom is 0.128 e. The summed E-state index contributed by atoms with van der Waals surface area (Å²) in [6.07, 6.45) is 7.68. The predicted molar refractivity (Wildman–Crippen MR) is 155 cm³/mol. The Balaban J connectivity index is 1.18. The van der Waals surface area contributed by atoms with Gasteiger partial charge in [0.25, 0.3) is 0 Å². The van der Waals surface area contributed by atoms with Gasteiger partial charge in [0.2, 0.25) is 0 Å². The second-order valence-corrected chi connectivity index (χ2v) is 9.67. The first-order valence-corrected chi connectivity index (χ1v) is 12.8. The highest BCUT2D eigenvalue weighted by Gasteiger charge is 2.19. The fourth-order valence-corrected chi connectivity index (χ4v) is 5.89. The van der Waals surface area contributed by atoms with Crippen LogP contribution < -0.4 is 0 Å². The molecule has 4 aromatic carbocycles. The minimum absolute atomic E-state index is 0.571. The molecule has 7 aromatic rings. The Hall–Kier alpha value is -5.09. The maximum absolute atomic E-state index is 5.67. The minimum atomic E-state index is 0.571. The zero-order valence-electron chi connectivity index (χ0n) is 20.6. The lowest BCUT2D eigenvalue weighted by atomic mass is 10.0. The molecule has 4 nitrogen and oxygen atoms in total. The lowest BCUT2D eigenvalue weighted by molar-refractivity contribution is 0.229. The van der Waals surface area contributed by atoms with Crippen molar-refractivity contribution >= 4 is 38.8 Å². The first-order valence-electron chi connectivity index (χ1n) is 12.8. The van der Waals surface area contributed by atoms with E-state index in [1.807, 2.05) is 12.4 Å². The van der Waals surface area contributed by atoms with Crippen LogP contribution in [0.1, 0.15) is 11.3 Å².